The molecule has 0 fully saturated rings. The maximum Gasteiger partial charge on any atom is 0.138 e. The molecule has 0 aliphatic rings. The maximum absolute atomic E-state index is 4.42. The van der Waals surface area contributed by atoms with E-state index in [1.165, 1.54) is 5.56 Å². The van der Waals surface area contributed by atoms with Crippen molar-refractivity contribution in [2.45, 2.75) is 38.6 Å². The minimum absolute atomic E-state index is 0.341. The van der Waals surface area contributed by atoms with Gasteiger partial charge in [0.1, 0.15) is 12.2 Å². The molecule has 0 spiro atoms. The lowest BCUT2D eigenvalue weighted by atomic mass is 9.97. The molecule has 2 rings (SSSR count). The van der Waals surface area contributed by atoms with E-state index in [1.807, 2.05) is 10.7 Å². The van der Waals surface area contributed by atoms with Gasteiger partial charge in [-0.2, -0.15) is 5.10 Å². The molecule has 2 unspecified atom stereocenters. The topological polar surface area (TPSA) is 30.7 Å². The smallest absolute Gasteiger partial charge is 0.138 e. The Balaban J connectivity index is 2.04. The minimum Gasteiger partial charge on any atom is -0.250 e. The number of hydrogen-bond acceptors (Lipinski definition) is 2. The fraction of sp³-hybridized carbons (Fsp3) is 0.500. The van der Waals surface area contributed by atoms with Crippen LogP contribution in [-0.2, 0) is 13.0 Å². The lowest BCUT2D eigenvalue weighted by molar-refractivity contribution is 0.446. The predicted molar refractivity (Wildman–Crippen MR) is 85.8 cm³/mol. The van der Waals surface area contributed by atoms with Gasteiger partial charge in [0.15, 0.2) is 0 Å². The Morgan fingerprint density at radius 3 is 2.50 bits per heavy atom. The zero-order valence-electron chi connectivity index (χ0n) is 12.3. The number of rotatable bonds is 6. The Bertz CT molecular complexity index is 522. The maximum atomic E-state index is 4.42. The summed E-state index contributed by atoms with van der Waals surface area (Å²) in [4.78, 5) is 4.76. The third kappa shape index (κ3) is 3.92. The number of benzene rings is 1. The summed E-state index contributed by atoms with van der Waals surface area (Å²) in [5.74, 6) is 2.12. The molecular weight excluding hydrogens is 314 g/mol. The first-order chi connectivity index (χ1) is 9.58. The molecule has 0 aliphatic carbocycles. The highest BCUT2D eigenvalue weighted by atomic mass is 79.9. The molecule has 4 heteroatoms. The number of nitrogens with zero attached hydrogens (tertiary/aromatic N) is 3. The van der Waals surface area contributed by atoms with Crippen molar-refractivity contribution in [3.63, 3.8) is 0 Å². The number of alkyl halides is 1. The Hall–Kier alpha value is -1.16. The molecule has 0 bridgehead atoms. The zero-order chi connectivity index (χ0) is 14.5. The van der Waals surface area contributed by atoms with Crippen molar-refractivity contribution in [3.05, 3.63) is 48.0 Å². The van der Waals surface area contributed by atoms with Crippen molar-refractivity contribution >= 4 is 15.9 Å². The van der Waals surface area contributed by atoms with Crippen LogP contribution in [0.5, 0.6) is 0 Å². The minimum atomic E-state index is 0.341. The Labute approximate surface area is 129 Å². The Morgan fingerprint density at radius 2 is 1.85 bits per heavy atom. The van der Waals surface area contributed by atoms with E-state index >= 15 is 0 Å². The highest BCUT2D eigenvalue weighted by Gasteiger charge is 2.19. The number of aromatic nitrogens is 3. The first-order valence-electron chi connectivity index (χ1n) is 7.13. The molecular formula is C16H22BrN3. The van der Waals surface area contributed by atoms with E-state index in [4.69, 9.17) is 0 Å². The van der Waals surface area contributed by atoms with E-state index in [1.54, 1.807) is 6.33 Å². The zero-order valence-corrected chi connectivity index (χ0v) is 13.9. The van der Waals surface area contributed by atoms with E-state index in [2.05, 4.69) is 71.0 Å². The summed E-state index contributed by atoms with van der Waals surface area (Å²) in [7, 11) is 0. The fourth-order valence-electron chi connectivity index (χ4n) is 2.30. The van der Waals surface area contributed by atoms with E-state index in [0.717, 1.165) is 18.8 Å². The van der Waals surface area contributed by atoms with E-state index in [9.17, 15) is 0 Å². The first-order valence-corrected chi connectivity index (χ1v) is 8.05. The molecule has 0 saturated heterocycles. The van der Waals surface area contributed by atoms with Gasteiger partial charge in [-0.1, -0.05) is 67.0 Å². The highest BCUT2D eigenvalue weighted by Crippen LogP contribution is 2.32. The molecule has 0 saturated carbocycles. The summed E-state index contributed by atoms with van der Waals surface area (Å²) >= 11 is 3.82. The third-order valence-corrected chi connectivity index (χ3v) is 4.79. The van der Waals surface area contributed by atoms with Crippen LogP contribution in [0.3, 0.4) is 0 Å². The molecule has 0 N–H and O–H groups in total. The van der Waals surface area contributed by atoms with Crippen molar-refractivity contribution in [3.8, 4) is 0 Å². The quantitative estimate of drug-likeness (QED) is 0.739. The third-order valence-electron chi connectivity index (χ3n) is 3.36. The van der Waals surface area contributed by atoms with Gasteiger partial charge in [-0.05, 0) is 17.4 Å². The van der Waals surface area contributed by atoms with Crippen LogP contribution in [0.25, 0.3) is 0 Å². The highest BCUT2D eigenvalue weighted by molar-refractivity contribution is 9.09. The molecule has 1 heterocycles. The van der Waals surface area contributed by atoms with Gasteiger partial charge in [-0.15, -0.1) is 0 Å². The van der Waals surface area contributed by atoms with Crippen LogP contribution in [0.2, 0.25) is 0 Å². The monoisotopic (exact) mass is 335 g/mol. The summed E-state index contributed by atoms with van der Waals surface area (Å²) in [6.45, 7) is 7.58. The van der Waals surface area contributed by atoms with Gasteiger partial charge in [0.05, 0.1) is 0 Å². The SMILES string of the molecule is CC(C)Cn1ncnc1CC(C)C(Br)c1ccccc1. The molecule has 0 aliphatic heterocycles. The molecule has 3 nitrogen and oxygen atoms in total. The fourth-order valence-corrected chi connectivity index (χ4v) is 2.79. The summed E-state index contributed by atoms with van der Waals surface area (Å²) in [6, 6.07) is 10.5. The second-order valence-electron chi connectivity index (χ2n) is 5.75. The summed E-state index contributed by atoms with van der Waals surface area (Å²) in [5.41, 5.74) is 1.31. The lowest BCUT2D eigenvalue weighted by Gasteiger charge is -2.19. The van der Waals surface area contributed by atoms with Crippen LogP contribution < -0.4 is 0 Å². The summed E-state index contributed by atoms with van der Waals surface area (Å²) in [5, 5.41) is 4.33. The molecule has 1 aromatic heterocycles. The largest absolute Gasteiger partial charge is 0.250 e. The van der Waals surface area contributed by atoms with Crippen molar-refractivity contribution in [2.24, 2.45) is 11.8 Å². The van der Waals surface area contributed by atoms with Gasteiger partial charge < -0.3 is 0 Å². The Kier molecular flexibility index (Phi) is 5.35. The van der Waals surface area contributed by atoms with Crippen molar-refractivity contribution in [2.75, 3.05) is 0 Å². The van der Waals surface area contributed by atoms with Gasteiger partial charge >= 0.3 is 0 Å². The number of hydrogen-bond donors (Lipinski definition) is 0. The van der Waals surface area contributed by atoms with E-state index in [0.29, 0.717) is 16.7 Å². The molecule has 1 aromatic carbocycles. The van der Waals surface area contributed by atoms with Crippen LogP contribution in [0.1, 0.15) is 37.0 Å². The molecule has 108 valence electrons. The summed E-state index contributed by atoms with van der Waals surface area (Å²) in [6.07, 6.45) is 2.59. The average Bonchev–Trinajstić information content (AvgIpc) is 2.85. The molecule has 0 radical (unpaired) electrons. The van der Waals surface area contributed by atoms with Gasteiger partial charge in [0.2, 0.25) is 0 Å². The van der Waals surface area contributed by atoms with Crippen LogP contribution in [-0.4, -0.2) is 14.8 Å². The van der Waals surface area contributed by atoms with E-state index < -0.39 is 0 Å². The van der Waals surface area contributed by atoms with E-state index in [-0.39, 0.29) is 0 Å². The van der Waals surface area contributed by atoms with Crippen molar-refractivity contribution < 1.29 is 0 Å². The van der Waals surface area contributed by atoms with Crippen LogP contribution in [0.4, 0.5) is 0 Å². The average molecular weight is 336 g/mol. The first kappa shape index (κ1) is 15.2. The second kappa shape index (κ2) is 7.02. The molecule has 2 aromatic rings. The van der Waals surface area contributed by atoms with Crippen LogP contribution in [0.15, 0.2) is 36.7 Å². The second-order valence-corrected chi connectivity index (χ2v) is 6.73. The van der Waals surface area contributed by atoms with Crippen LogP contribution in [0, 0.1) is 11.8 Å². The predicted octanol–water partition coefficient (Wildman–Crippen LogP) is 4.25. The molecule has 2 atom stereocenters. The molecule has 20 heavy (non-hydrogen) atoms. The van der Waals surface area contributed by atoms with Gasteiger partial charge in [0, 0.05) is 17.8 Å². The summed E-state index contributed by atoms with van der Waals surface area (Å²) < 4.78 is 2.03. The lowest BCUT2D eigenvalue weighted by Crippen LogP contribution is -2.15. The van der Waals surface area contributed by atoms with Gasteiger partial charge in [0.25, 0.3) is 0 Å². The van der Waals surface area contributed by atoms with Gasteiger partial charge in [-0.25, -0.2) is 9.67 Å². The number of halogens is 1. The molecule has 0 amide bonds. The normalized spacial score (nSPS) is 14.4. The standard InChI is InChI=1S/C16H22BrN3/c1-12(2)10-20-15(18-11-19-20)9-13(3)16(17)14-7-5-4-6-8-14/h4-8,11-13,16H,9-10H2,1-3H3. The Morgan fingerprint density at radius 1 is 1.15 bits per heavy atom. The van der Waals surface area contributed by atoms with Crippen LogP contribution >= 0.6 is 15.9 Å². The van der Waals surface area contributed by atoms with Gasteiger partial charge in [-0.3, -0.25) is 0 Å². The van der Waals surface area contributed by atoms with Crippen molar-refractivity contribution in [1.29, 1.82) is 0 Å². The van der Waals surface area contributed by atoms with Crippen molar-refractivity contribution in [1.82, 2.24) is 14.8 Å².